The van der Waals surface area contributed by atoms with Gasteiger partial charge in [0.1, 0.15) is 17.5 Å². The van der Waals surface area contributed by atoms with E-state index < -0.39 is 0 Å². The Bertz CT molecular complexity index is 425. The third-order valence-corrected chi connectivity index (χ3v) is 4.56. The van der Waals surface area contributed by atoms with Crippen molar-refractivity contribution in [1.82, 2.24) is 9.97 Å². The molecule has 2 N–H and O–H groups in total. The van der Waals surface area contributed by atoms with Crippen molar-refractivity contribution in [3.8, 4) is 0 Å². The predicted molar refractivity (Wildman–Crippen MR) is 89.8 cm³/mol. The van der Waals surface area contributed by atoms with Gasteiger partial charge in [-0.2, -0.15) is 0 Å². The lowest BCUT2D eigenvalue weighted by molar-refractivity contribution is 0.278. The summed E-state index contributed by atoms with van der Waals surface area (Å²) in [5.74, 6) is 4.57. The summed E-state index contributed by atoms with van der Waals surface area (Å²) in [7, 11) is 0. The fourth-order valence-electron chi connectivity index (χ4n) is 3.11. The largest absolute Gasteiger partial charge is 0.370 e. The Morgan fingerprint density at radius 3 is 2.14 bits per heavy atom. The van der Waals surface area contributed by atoms with E-state index in [1.165, 1.54) is 32.1 Å². The Morgan fingerprint density at radius 2 is 1.57 bits per heavy atom. The molecule has 0 radical (unpaired) electrons. The summed E-state index contributed by atoms with van der Waals surface area (Å²) in [5.41, 5.74) is 0. The van der Waals surface area contributed by atoms with Crippen LogP contribution in [-0.2, 0) is 6.42 Å². The molecule has 1 fully saturated rings. The molecule has 0 aliphatic heterocycles. The summed E-state index contributed by atoms with van der Waals surface area (Å²) in [6, 6.07) is 2.03. The number of hydrogen-bond acceptors (Lipinski definition) is 4. The van der Waals surface area contributed by atoms with E-state index in [2.05, 4.69) is 41.4 Å². The molecule has 0 unspecified atom stereocenters. The molecule has 4 heteroatoms. The van der Waals surface area contributed by atoms with Gasteiger partial charge in [0.25, 0.3) is 0 Å². The van der Waals surface area contributed by atoms with Crippen molar-refractivity contribution in [3.63, 3.8) is 0 Å². The molecule has 1 aliphatic rings. The van der Waals surface area contributed by atoms with Crippen molar-refractivity contribution in [2.45, 2.75) is 59.3 Å². The van der Waals surface area contributed by atoms with Crippen molar-refractivity contribution in [1.29, 1.82) is 0 Å². The quantitative estimate of drug-likeness (QED) is 0.794. The molecule has 0 spiro atoms. The Hall–Kier alpha value is -1.32. The Kier molecular flexibility index (Phi) is 6.27. The third kappa shape index (κ3) is 4.87. The second-order valence-electron chi connectivity index (χ2n) is 6.11. The molecule has 4 nitrogen and oxygen atoms in total. The molecule has 0 atom stereocenters. The fourth-order valence-corrected chi connectivity index (χ4v) is 3.11. The summed E-state index contributed by atoms with van der Waals surface area (Å²) in [4.78, 5) is 9.08. The van der Waals surface area contributed by atoms with Crippen LogP contribution in [0.5, 0.6) is 0 Å². The maximum atomic E-state index is 4.59. The van der Waals surface area contributed by atoms with Crippen LogP contribution in [0.2, 0.25) is 0 Å². The maximum absolute atomic E-state index is 4.59. The lowest BCUT2D eigenvalue weighted by Gasteiger charge is -2.28. The van der Waals surface area contributed by atoms with E-state index in [1.54, 1.807) is 0 Å². The van der Waals surface area contributed by atoms with Crippen molar-refractivity contribution < 1.29 is 0 Å². The van der Waals surface area contributed by atoms with Crippen LogP contribution >= 0.6 is 0 Å². The second-order valence-corrected chi connectivity index (χ2v) is 6.11. The number of aromatic nitrogens is 2. The van der Waals surface area contributed by atoms with Crippen LogP contribution in [0.15, 0.2) is 6.07 Å². The van der Waals surface area contributed by atoms with E-state index in [9.17, 15) is 0 Å². The maximum Gasteiger partial charge on any atom is 0.132 e. The first kappa shape index (κ1) is 16.1. The van der Waals surface area contributed by atoms with Gasteiger partial charge in [-0.05, 0) is 31.6 Å². The topological polar surface area (TPSA) is 49.8 Å². The molecule has 21 heavy (non-hydrogen) atoms. The highest BCUT2D eigenvalue weighted by Crippen LogP contribution is 2.30. The van der Waals surface area contributed by atoms with Crippen molar-refractivity contribution in [3.05, 3.63) is 11.9 Å². The number of nitrogens with zero attached hydrogens (tertiary/aromatic N) is 2. The summed E-state index contributed by atoms with van der Waals surface area (Å²) >= 11 is 0. The van der Waals surface area contributed by atoms with Gasteiger partial charge in [0.2, 0.25) is 0 Å². The first-order valence-corrected chi connectivity index (χ1v) is 8.60. The lowest BCUT2D eigenvalue weighted by atomic mass is 9.81. The van der Waals surface area contributed by atoms with Crippen molar-refractivity contribution >= 4 is 11.6 Å². The van der Waals surface area contributed by atoms with E-state index >= 15 is 0 Å². The molecule has 0 bridgehead atoms. The lowest BCUT2D eigenvalue weighted by Crippen LogP contribution is -2.21. The molecule has 1 aliphatic carbocycles. The van der Waals surface area contributed by atoms with Gasteiger partial charge in [0.15, 0.2) is 0 Å². The minimum Gasteiger partial charge on any atom is -0.370 e. The smallest absolute Gasteiger partial charge is 0.132 e. The molecule has 1 aromatic rings. The molecule has 0 saturated heterocycles. The normalized spacial score (nSPS) is 22.0. The van der Waals surface area contributed by atoms with E-state index in [0.29, 0.717) is 0 Å². The van der Waals surface area contributed by atoms with Crippen LogP contribution < -0.4 is 10.6 Å². The van der Waals surface area contributed by atoms with Crippen LogP contribution in [0, 0.1) is 11.8 Å². The standard InChI is InChI=1S/C17H30N4/c1-4-13-7-9-14(10-8-13)12-19-17-11-16(18-6-3)20-15(5-2)21-17/h11,13-14H,4-10,12H2,1-3H3,(H2,18,19,20,21). The summed E-state index contributed by atoms with van der Waals surface area (Å²) in [6.45, 7) is 8.44. The monoisotopic (exact) mass is 290 g/mol. The number of rotatable bonds is 7. The van der Waals surface area contributed by atoms with E-state index in [1.807, 2.05) is 6.07 Å². The van der Waals surface area contributed by atoms with E-state index in [4.69, 9.17) is 0 Å². The molecule has 1 saturated carbocycles. The first-order valence-electron chi connectivity index (χ1n) is 8.60. The van der Waals surface area contributed by atoms with Crippen LogP contribution in [0.3, 0.4) is 0 Å². The minimum absolute atomic E-state index is 0.801. The number of aryl methyl sites for hydroxylation is 1. The van der Waals surface area contributed by atoms with Crippen molar-refractivity contribution in [2.24, 2.45) is 11.8 Å². The molecule has 0 aromatic carbocycles. The van der Waals surface area contributed by atoms with Gasteiger partial charge in [-0.1, -0.05) is 33.1 Å². The highest BCUT2D eigenvalue weighted by molar-refractivity contribution is 5.47. The molecular formula is C17H30N4. The summed E-state index contributed by atoms with van der Waals surface area (Å²) in [6.07, 6.45) is 7.73. The number of anilines is 2. The average Bonchev–Trinajstić information content (AvgIpc) is 2.53. The van der Waals surface area contributed by atoms with Gasteiger partial charge < -0.3 is 10.6 Å². The summed E-state index contributed by atoms with van der Waals surface area (Å²) in [5, 5.41) is 6.81. The van der Waals surface area contributed by atoms with Gasteiger partial charge in [0.05, 0.1) is 0 Å². The Balaban J connectivity index is 1.89. The van der Waals surface area contributed by atoms with Gasteiger partial charge in [0, 0.05) is 25.6 Å². The van der Waals surface area contributed by atoms with Gasteiger partial charge in [-0.3, -0.25) is 0 Å². The number of nitrogens with one attached hydrogen (secondary N) is 2. The molecule has 0 amide bonds. The summed E-state index contributed by atoms with van der Waals surface area (Å²) < 4.78 is 0. The predicted octanol–water partition coefficient (Wildman–Crippen LogP) is 4.10. The van der Waals surface area contributed by atoms with Gasteiger partial charge in [-0.15, -0.1) is 0 Å². The van der Waals surface area contributed by atoms with Crippen LogP contribution in [-0.4, -0.2) is 23.1 Å². The highest BCUT2D eigenvalue weighted by Gasteiger charge is 2.19. The van der Waals surface area contributed by atoms with Crippen LogP contribution in [0.25, 0.3) is 0 Å². The first-order chi connectivity index (χ1) is 10.2. The van der Waals surface area contributed by atoms with E-state index in [-0.39, 0.29) is 0 Å². The van der Waals surface area contributed by atoms with Gasteiger partial charge >= 0.3 is 0 Å². The molecular weight excluding hydrogens is 260 g/mol. The second kappa shape index (κ2) is 8.20. The zero-order valence-corrected chi connectivity index (χ0v) is 13.8. The SMILES string of the molecule is CCNc1cc(NCC2CCC(CC)CC2)nc(CC)n1. The van der Waals surface area contributed by atoms with E-state index in [0.717, 1.165) is 48.8 Å². The Morgan fingerprint density at radius 1 is 0.952 bits per heavy atom. The van der Waals surface area contributed by atoms with Gasteiger partial charge in [-0.25, -0.2) is 9.97 Å². The average molecular weight is 290 g/mol. The van der Waals surface area contributed by atoms with Crippen LogP contribution in [0.1, 0.15) is 58.7 Å². The van der Waals surface area contributed by atoms with Crippen LogP contribution in [0.4, 0.5) is 11.6 Å². The Labute approximate surface area is 129 Å². The molecule has 1 heterocycles. The van der Waals surface area contributed by atoms with Crippen molar-refractivity contribution in [2.75, 3.05) is 23.7 Å². The fraction of sp³-hybridized carbons (Fsp3) is 0.765. The highest BCUT2D eigenvalue weighted by atomic mass is 15.1. The molecule has 1 aromatic heterocycles. The molecule has 118 valence electrons. The number of hydrogen-bond donors (Lipinski definition) is 2. The molecule has 2 rings (SSSR count). The third-order valence-electron chi connectivity index (χ3n) is 4.56. The zero-order chi connectivity index (χ0) is 15.1. The zero-order valence-electron chi connectivity index (χ0n) is 13.8. The minimum atomic E-state index is 0.801.